The number of thioether (sulfide) groups is 1. The van der Waals surface area contributed by atoms with E-state index in [9.17, 15) is 9.59 Å². The molecule has 0 unspecified atom stereocenters. The van der Waals surface area contributed by atoms with Crippen LogP contribution in [0, 0.1) is 13.8 Å². The van der Waals surface area contributed by atoms with E-state index in [4.69, 9.17) is 11.6 Å². The van der Waals surface area contributed by atoms with Gasteiger partial charge in [0.25, 0.3) is 5.91 Å². The molecule has 3 aromatic rings. The molecule has 162 valence electrons. The molecule has 0 spiro atoms. The van der Waals surface area contributed by atoms with Crippen LogP contribution in [0.15, 0.2) is 47.6 Å². The summed E-state index contributed by atoms with van der Waals surface area (Å²) in [6, 6.07) is 12.3. The number of halogens is 1. The van der Waals surface area contributed by atoms with Crippen molar-refractivity contribution >= 4 is 40.9 Å². The monoisotopic (exact) mass is 457 g/mol. The first-order chi connectivity index (χ1) is 14.7. The molecule has 0 bridgehead atoms. The highest BCUT2D eigenvalue weighted by Gasteiger charge is 2.19. The van der Waals surface area contributed by atoms with Gasteiger partial charge in [0.2, 0.25) is 5.91 Å². The van der Waals surface area contributed by atoms with Crippen molar-refractivity contribution in [3.8, 4) is 0 Å². The van der Waals surface area contributed by atoms with Crippen LogP contribution in [0.3, 0.4) is 0 Å². The minimum absolute atomic E-state index is 0.152. The first-order valence-corrected chi connectivity index (χ1v) is 11.1. The number of anilines is 1. The average Bonchev–Trinajstić information content (AvgIpc) is 3.09. The number of carbonyl (C=O) groups excluding carboxylic acids is 2. The molecule has 1 atom stereocenters. The zero-order chi connectivity index (χ0) is 22.5. The van der Waals surface area contributed by atoms with E-state index in [0.29, 0.717) is 21.6 Å². The van der Waals surface area contributed by atoms with Crippen molar-refractivity contribution in [3.63, 3.8) is 0 Å². The Bertz CT molecular complexity index is 1100. The molecule has 9 heteroatoms. The van der Waals surface area contributed by atoms with E-state index in [1.807, 2.05) is 40.0 Å². The van der Waals surface area contributed by atoms with Gasteiger partial charge < -0.3 is 15.2 Å². The molecule has 1 heterocycles. The Balaban J connectivity index is 1.58. The van der Waals surface area contributed by atoms with E-state index in [1.165, 1.54) is 11.8 Å². The number of amides is 2. The molecule has 0 aliphatic heterocycles. The molecule has 3 rings (SSSR count). The van der Waals surface area contributed by atoms with Gasteiger partial charge in [-0.25, -0.2) is 0 Å². The maximum atomic E-state index is 12.5. The second-order valence-corrected chi connectivity index (χ2v) is 8.64. The highest BCUT2D eigenvalue weighted by atomic mass is 35.5. The molecule has 1 aromatic heterocycles. The number of aryl methyl sites for hydroxylation is 2. The Morgan fingerprint density at radius 2 is 1.84 bits per heavy atom. The summed E-state index contributed by atoms with van der Waals surface area (Å²) in [7, 11) is 1.81. The fourth-order valence-electron chi connectivity index (χ4n) is 2.96. The fourth-order valence-corrected chi connectivity index (χ4v) is 3.91. The van der Waals surface area contributed by atoms with Crippen molar-refractivity contribution in [1.82, 2.24) is 20.1 Å². The molecule has 31 heavy (non-hydrogen) atoms. The van der Waals surface area contributed by atoms with Gasteiger partial charge in [-0.05, 0) is 56.7 Å². The Morgan fingerprint density at radius 3 is 2.52 bits per heavy atom. The summed E-state index contributed by atoms with van der Waals surface area (Å²) < 4.78 is 1.78. The molecule has 2 amide bonds. The third kappa shape index (κ3) is 5.86. The maximum absolute atomic E-state index is 12.5. The lowest BCUT2D eigenvalue weighted by Gasteiger charge is -2.14. The number of hydrogen-bond acceptors (Lipinski definition) is 5. The first kappa shape index (κ1) is 22.8. The van der Waals surface area contributed by atoms with Crippen LogP contribution >= 0.6 is 23.4 Å². The summed E-state index contributed by atoms with van der Waals surface area (Å²) in [4.78, 5) is 24.8. The summed E-state index contributed by atoms with van der Waals surface area (Å²) in [5.74, 6) is 0.457. The molecule has 2 aromatic carbocycles. The van der Waals surface area contributed by atoms with Crippen LogP contribution < -0.4 is 10.6 Å². The normalized spacial score (nSPS) is 11.8. The zero-order valence-electron chi connectivity index (χ0n) is 17.8. The summed E-state index contributed by atoms with van der Waals surface area (Å²) in [6.45, 7) is 5.70. The lowest BCUT2D eigenvalue weighted by molar-refractivity contribution is -0.113. The van der Waals surface area contributed by atoms with Crippen molar-refractivity contribution < 1.29 is 9.59 Å². The van der Waals surface area contributed by atoms with Gasteiger partial charge in [-0.15, -0.1) is 10.2 Å². The van der Waals surface area contributed by atoms with Gasteiger partial charge in [0.15, 0.2) is 11.0 Å². The van der Waals surface area contributed by atoms with Gasteiger partial charge in [-0.3, -0.25) is 9.59 Å². The quantitative estimate of drug-likeness (QED) is 0.516. The standard InChI is InChI=1S/C22H24ClN5O2S/c1-13-5-7-16(8-6-13)21(30)24-15(3)20-26-27-22(28(20)4)31-12-19(29)25-18-10-9-17(23)11-14(18)2/h5-11,15H,12H2,1-4H3,(H,24,30)(H,25,29)/t15-/m0/s1. The van der Waals surface area contributed by atoms with Gasteiger partial charge in [0, 0.05) is 23.3 Å². The number of hydrogen-bond donors (Lipinski definition) is 2. The second-order valence-electron chi connectivity index (χ2n) is 7.26. The summed E-state index contributed by atoms with van der Waals surface area (Å²) >= 11 is 7.23. The van der Waals surface area contributed by atoms with E-state index in [1.54, 1.807) is 34.9 Å². The minimum Gasteiger partial charge on any atom is -0.342 e. The van der Waals surface area contributed by atoms with Crippen molar-refractivity contribution in [2.45, 2.75) is 32.0 Å². The van der Waals surface area contributed by atoms with E-state index in [-0.39, 0.29) is 23.6 Å². The summed E-state index contributed by atoms with van der Waals surface area (Å²) in [6.07, 6.45) is 0. The number of nitrogens with one attached hydrogen (secondary N) is 2. The SMILES string of the molecule is Cc1ccc(C(=O)N[C@@H](C)c2nnc(SCC(=O)Nc3ccc(Cl)cc3C)n2C)cc1. The van der Waals surface area contributed by atoms with Crippen molar-refractivity contribution in [2.75, 3.05) is 11.1 Å². The Hall–Kier alpha value is -2.84. The second kappa shape index (κ2) is 9.98. The maximum Gasteiger partial charge on any atom is 0.251 e. The Kier molecular flexibility index (Phi) is 7.35. The molecule has 0 aliphatic carbocycles. The van der Waals surface area contributed by atoms with Crippen molar-refractivity contribution in [2.24, 2.45) is 7.05 Å². The van der Waals surface area contributed by atoms with Crippen LogP contribution in [0.1, 0.15) is 40.3 Å². The Morgan fingerprint density at radius 1 is 1.13 bits per heavy atom. The molecule has 2 N–H and O–H groups in total. The summed E-state index contributed by atoms with van der Waals surface area (Å²) in [5.41, 5.74) is 3.30. The van der Waals surface area contributed by atoms with Crippen molar-refractivity contribution in [1.29, 1.82) is 0 Å². The third-order valence-corrected chi connectivity index (χ3v) is 5.97. The molecule has 0 radical (unpaired) electrons. The minimum atomic E-state index is -0.341. The Labute approximate surface area is 190 Å². The summed E-state index contributed by atoms with van der Waals surface area (Å²) in [5, 5.41) is 15.4. The molecule has 0 saturated carbocycles. The largest absolute Gasteiger partial charge is 0.342 e. The van der Waals surface area contributed by atoms with E-state index in [2.05, 4.69) is 20.8 Å². The van der Waals surface area contributed by atoms with Gasteiger partial charge in [-0.2, -0.15) is 0 Å². The third-order valence-electron chi connectivity index (χ3n) is 4.71. The lowest BCUT2D eigenvalue weighted by atomic mass is 10.1. The molecule has 7 nitrogen and oxygen atoms in total. The van der Waals surface area contributed by atoms with Crippen LogP contribution in [0.4, 0.5) is 5.69 Å². The molecule has 0 aliphatic rings. The average molecular weight is 458 g/mol. The van der Waals surface area contributed by atoms with Gasteiger partial charge >= 0.3 is 0 Å². The molecule has 0 saturated heterocycles. The predicted molar refractivity (Wildman–Crippen MR) is 124 cm³/mol. The fraction of sp³-hybridized carbons (Fsp3) is 0.273. The van der Waals surface area contributed by atoms with Crippen LogP contribution in [-0.4, -0.2) is 32.3 Å². The van der Waals surface area contributed by atoms with Gasteiger partial charge in [-0.1, -0.05) is 41.1 Å². The van der Waals surface area contributed by atoms with Gasteiger partial charge in [0.05, 0.1) is 11.8 Å². The number of rotatable bonds is 7. The first-order valence-electron chi connectivity index (χ1n) is 9.70. The van der Waals surface area contributed by atoms with E-state index >= 15 is 0 Å². The molecular formula is C22H24ClN5O2S. The molecule has 0 fully saturated rings. The number of nitrogens with zero attached hydrogens (tertiary/aromatic N) is 3. The number of aromatic nitrogens is 3. The lowest BCUT2D eigenvalue weighted by Crippen LogP contribution is -2.28. The smallest absolute Gasteiger partial charge is 0.251 e. The number of benzene rings is 2. The van der Waals surface area contributed by atoms with Gasteiger partial charge in [0.1, 0.15) is 0 Å². The molecular weight excluding hydrogens is 434 g/mol. The van der Waals surface area contributed by atoms with Crippen LogP contribution in [0.2, 0.25) is 5.02 Å². The predicted octanol–water partition coefficient (Wildman–Crippen LogP) is 4.31. The topological polar surface area (TPSA) is 88.9 Å². The highest BCUT2D eigenvalue weighted by Crippen LogP contribution is 2.22. The number of carbonyl (C=O) groups is 2. The van der Waals surface area contributed by atoms with E-state index in [0.717, 1.165) is 16.8 Å². The van der Waals surface area contributed by atoms with E-state index < -0.39 is 0 Å². The van der Waals surface area contributed by atoms with Crippen molar-refractivity contribution in [3.05, 3.63) is 70.0 Å². The van der Waals surface area contributed by atoms with Crippen LogP contribution in [0.25, 0.3) is 0 Å². The highest BCUT2D eigenvalue weighted by molar-refractivity contribution is 7.99. The zero-order valence-corrected chi connectivity index (χ0v) is 19.3. The van der Waals surface area contributed by atoms with Crippen LogP contribution in [0.5, 0.6) is 0 Å². The van der Waals surface area contributed by atoms with Crippen LogP contribution in [-0.2, 0) is 11.8 Å².